The molecule has 0 saturated carbocycles. The third-order valence-electron chi connectivity index (χ3n) is 3.07. The lowest BCUT2D eigenvalue weighted by Crippen LogP contribution is -2.24. The van der Waals surface area contributed by atoms with Crippen LogP contribution < -0.4 is 4.72 Å². The number of aliphatic hydroxyl groups is 1. The first-order chi connectivity index (χ1) is 9.94. The van der Waals surface area contributed by atoms with Crippen molar-refractivity contribution in [2.75, 3.05) is 0 Å². The summed E-state index contributed by atoms with van der Waals surface area (Å²) in [6, 6.07) is 5.27. The summed E-state index contributed by atoms with van der Waals surface area (Å²) < 4.78 is 40.3. The Morgan fingerprint density at radius 3 is 2.71 bits per heavy atom. The van der Waals surface area contributed by atoms with E-state index >= 15 is 0 Å². The molecule has 1 aromatic heterocycles. The molecule has 2 rings (SSSR count). The zero-order valence-corrected chi connectivity index (χ0v) is 12.2. The third-order valence-corrected chi connectivity index (χ3v) is 4.50. The van der Waals surface area contributed by atoms with Crippen molar-refractivity contribution in [1.82, 2.24) is 9.71 Å². The van der Waals surface area contributed by atoms with Crippen LogP contribution in [0.4, 0.5) is 4.39 Å². The summed E-state index contributed by atoms with van der Waals surface area (Å²) in [6.45, 7) is 1.52. The van der Waals surface area contributed by atoms with Crippen LogP contribution in [0.1, 0.15) is 16.7 Å². The highest BCUT2D eigenvalue weighted by Crippen LogP contribution is 2.17. The second-order valence-electron chi connectivity index (χ2n) is 4.55. The summed E-state index contributed by atoms with van der Waals surface area (Å²) in [4.78, 5) is 3.48. The molecule has 0 aliphatic heterocycles. The quantitative estimate of drug-likeness (QED) is 0.877. The van der Waals surface area contributed by atoms with Crippen LogP contribution in [-0.2, 0) is 23.2 Å². The van der Waals surface area contributed by atoms with E-state index < -0.39 is 20.7 Å². The van der Waals surface area contributed by atoms with Gasteiger partial charge >= 0.3 is 0 Å². The Kier molecular flexibility index (Phi) is 4.66. The molecule has 1 aromatic carbocycles. The number of aromatic nitrogens is 1. The Morgan fingerprint density at radius 1 is 1.33 bits per heavy atom. The maximum Gasteiger partial charge on any atom is 0.243 e. The van der Waals surface area contributed by atoms with Gasteiger partial charge in [0, 0.05) is 18.9 Å². The lowest BCUT2D eigenvalue weighted by Gasteiger charge is -2.09. The number of aliphatic hydroxyl groups excluding tert-OH is 1. The van der Waals surface area contributed by atoms with E-state index in [0.29, 0.717) is 11.1 Å². The predicted molar refractivity (Wildman–Crippen MR) is 75.3 cm³/mol. The van der Waals surface area contributed by atoms with E-state index in [1.807, 2.05) is 6.92 Å². The number of sulfonamides is 1. The molecule has 0 radical (unpaired) electrons. The molecule has 0 saturated heterocycles. The molecule has 7 heteroatoms. The number of hydrogen-bond acceptors (Lipinski definition) is 4. The van der Waals surface area contributed by atoms with Crippen molar-refractivity contribution in [3.63, 3.8) is 0 Å². The van der Waals surface area contributed by atoms with Crippen LogP contribution in [0.3, 0.4) is 0 Å². The first kappa shape index (κ1) is 15.6. The fourth-order valence-corrected chi connectivity index (χ4v) is 2.86. The number of nitrogens with one attached hydrogen (secondary N) is 1. The zero-order chi connectivity index (χ0) is 15.5. The van der Waals surface area contributed by atoms with Crippen LogP contribution >= 0.6 is 0 Å². The first-order valence-corrected chi connectivity index (χ1v) is 7.71. The monoisotopic (exact) mass is 310 g/mol. The van der Waals surface area contributed by atoms with Gasteiger partial charge in [0.2, 0.25) is 10.0 Å². The van der Waals surface area contributed by atoms with Gasteiger partial charge < -0.3 is 5.11 Å². The molecule has 0 spiro atoms. The highest BCUT2D eigenvalue weighted by Gasteiger charge is 2.19. The molecule has 0 bridgehead atoms. The summed E-state index contributed by atoms with van der Waals surface area (Å²) in [5, 5.41) is 8.90. The molecule has 2 aromatic rings. The molecule has 0 aliphatic carbocycles. The van der Waals surface area contributed by atoms with Gasteiger partial charge in [0.25, 0.3) is 0 Å². The molecule has 2 N–H and O–H groups in total. The van der Waals surface area contributed by atoms with Crippen molar-refractivity contribution in [3.05, 3.63) is 59.2 Å². The molecule has 21 heavy (non-hydrogen) atoms. The second-order valence-corrected chi connectivity index (χ2v) is 6.28. The summed E-state index contributed by atoms with van der Waals surface area (Å²) in [5.41, 5.74) is 1.92. The Bertz CT molecular complexity index is 748. The van der Waals surface area contributed by atoms with Gasteiger partial charge in [-0.05, 0) is 41.8 Å². The second kappa shape index (κ2) is 6.30. The van der Waals surface area contributed by atoms with E-state index in [1.54, 1.807) is 18.5 Å². The van der Waals surface area contributed by atoms with Crippen LogP contribution in [0.5, 0.6) is 0 Å². The van der Waals surface area contributed by atoms with E-state index in [-0.39, 0.29) is 13.2 Å². The standard InChI is InChI=1S/C14H15FN2O3S/c1-10-4-5-16-7-12(10)8-17-21(19,20)14-3-2-11(9-18)6-13(14)15/h2-7,17-18H,8-9H2,1H3. The number of nitrogens with zero attached hydrogens (tertiary/aromatic N) is 1. The van der Waals surface area contributed by atoms with Gasteiger partial charge in [0.1, 0.15) is 10.7 Å². The lowest BCUT2D eigenvalue weighted by atomic mass is 10.2. The van der Waals surface area contributed by atoms with Crippen LogP contribution in [0, 0.1) is 12.7 Å². The number of halogens is 1. The number of aryl methyl sites for hydroxylation is 1. The van der Waals surface area contributed by atoms with Gasteiger partial charge in [0.15, 0.2) is 0 Å². The molecular formula is C14H15FN2O3S. The molecule has 1 heterocycles. The lowest BCUT2D eigenvalue weighted by molar-refractivity contribution is 0.281. The van der Waals surface area contributed by atoms with Crippen molar-refractivity contribution < 1.29 is 17.9 Å². The fraction of sp³-hybridized carbons (Fsp3) is 0.214. The van der Waals surface area contributed by atoms with Crippen LogP contribution in [-0.4, -0.2) is 18.5 Å². The van der Waals surface area contributed by atoms with Gasteiger partial charge in [-0.25, -0.2) is 17.5 Å². The largest absolute Gasteiger partial charge is 0.392 e. The molecule has 0 fully saturated rings. The van der Waals surface area contributed by atoms with Crippen molar-refractivity contribution in [1.29, 1.82) is 0 Å². The summed E-state index contributed by atoms with van der Waals surface area (Å²) in [6.07, 6.45) is 3.17. The zero-order valence-electron chi connectivity index (χ0n) is 11.4. The van der Waals surface area contributed by atoms with E-state index in [4.69, 9.17) is 5.11 Å². The molecule has 0 amide bonds. The number of rotatable bonds is 5. The maximum atomic E-state index is 13.8. The molecule has 112 valence electrons. The third kappa shape index (κ3) is 3.63. The molecule has 5 nitrogen and oxygen atoms in total. The first-order valence-electron chi connectivity index (χ1n) is 6.22. The molecule has 0 unspecified atom stereocenters. The van der Waals surface area contributed by atoms with Crippen molar-refractivity contribution >= 4 is 10.0 Å². The van der Waals surface area contributed by atoms with E-state index in [2.05, 4.69) is 9.71 Å². The Labute approximate surface area is 122 Å². The van der Waals surface area contributed by atoms with Crippen LogP contribution in [0.25, 0.3) is 0 Å². The molecule has 0 atom stereocenters. The van der Waals surface area contributed by atoms with E-state index in [9.17, 15) is 12.8 Å². The summed E-state index contributed by atoms with van der Waals surface area (Å²) >= 11 is 0. The van der Waals surface area contributed by atoms with Crippen molar-refractivity contribution in [2.24, 2.45) is 0 Å². The molecular weight excluding hydrogens is 295 g/mol. The minimum Gasteiger partial charge on any atom is -0.392 e. The highest BCUT2D eigenvalue weighted by atomic mass is 32.2. The SMILES string of the molecule is Cc1ccncc1CNS(=O)(=O)c1ccc(CO)cc1F. The van der Waals surface area contributed by atoms with Crippen LogP contribution in [0.15, 0.2) is 41.6 Å². The summed E-state index contributed by atoms with van der Waals surface area (Å²) in [7, 11) is -3.97. The van der Waals surface area contributed by atoms with Gasteiger partial charge in [-0.1, -0.05) is 6.07 Å². The van der Waals surface area contributed by atoms with E-state index in [0.717, 1.165) is 17.7 Å². The number of hydrogen-bond donors (Lipinski definition) is 2. The van der Waals surface area contributed by atoms with Gasteiger partial charge in [0.05, 0.1) is 6.61 Å². The Morgan fingerprint density at radius 2 is 2.10 bits per heavy atom. The van der Waals surface area contributed by atoms with E-state index in [1.165, 1.54) is 6.07 Å². The predicted octanol–water partition coefficient (Wildman–Crippen LogP) is 1.50. The normalized spacial score (nSPS) is 11.6. The smallest absolute Gasteiger partial charge is 0.243 e. The van der Waals surface area contributed by atoms with Gasteiger partial charge in [-0.3, -0.25) is 4.98 Å². The van der Waals surface area contributed by atoms with Gasteiger partial charge in [-0.15, -0.1) is 0 Å². The highest BCUT2D eigenvalue weighted by molar-refractivity contribution is 7.89. The number of benzene rings is 1. The maximum absolute atomic E-state index is 13.8. The van der Waals surface area contributed by atoms with Gasteiger partial charge in [-0.2, -0.15) is 0 Å². The average molecular weight is 310 g/mol. The Hall–Kier alpha value is -1.83. The minimum atomic E-state index is -3.97. The molecule has 0 aliphatic rings. The van der Waals surface area contributed by atoms with Crippen molar-refractivity contribution in [3.8, 4) is 0 Å². The average Bonchev–Trinajstić information content (AvgIpc) is 2.46. The topological polar surface area (TPSA) is 79.3 Å². The van der Waals surface area contributed by atoms with Crippen LogP contribution in [0.2, 0.25) is 0 Å². The Balaban J connectivity index is 2.21. The number of pyridine rings is 1. The minimum absolute atomic E-state index is 0.0310. The fourth-order valence-electron chi connectivity index (χ4n) is 1.79. The summed E-state index contributed by atoms with van der Waals surface area (Å²) in [5.74, 6) is -0.892. The van der Waals surface area contributed by atoms with Crippen molar-refractivity contribution in [2.45, 2.75) is 25.0 Å².